The third kappa shape index (κ3) is 5.12. The van der Waals surface area contributed by atoms with Gasteiger partial charge in [0.2, 0.25) is 5.91 Å². The molecule has 3 N–H and O–H groups in total. The van der Waals surface area contributed by atoms with Crippen LogP contribution in [-0.2, 0) is 4.79 Å². The van der Waals surface area contributed by atoms with E-state index < -0.39 is 0 Å². The number of hydrogen-bond acceptors (Lipinski definition) is 3. The van der Waals surface area contributed by atoms with E-state index in [2.05, 4.69) is 5.32 Å². The number of amides is 2. The van der Waals surface area contributed by atoms with E-state index >= 15 is 0 Å². The Morgan fingerprint density at radius 1 is 1.12 bits per heavy atom. The largest absolute Gasteiger partial charge is 0.339 e. The number of piperidine rings is 1. The first kappa shape index (κ1) is 21.0. The maximum absolute atomic E-state index is 12.6. The zero-order valence-electron chi connectivity index (χ0n) is 14.9. The summed E-state index contributed by atoms with van der Waals surface area (Å²) in [6, 6.07) is 5.24. The van der Waals surface area contributed by atoms with E-state index in [0.29, 0.717) is 16.3 Å². The minimum Gasteiger partial charge on any atom is -0.339 e. The standard InChI is InChI=1S/C19H26ClN3O2.ClH/c20-17-12-15(22-18(24)13-5-4-6-14(21)11-13)7-8-16(17)19(25)23-9-2-1-3-10-23;/h7-8,12-14H,1-6,9-11,21H2,(H,22,24);1H. The lowest BCUT2D eigenvalue weighted by molar-refractivity contribution is -0.120. The Morgan fingerprint density at radius 3 is 2.50 bits per heavy atom. The van der Waals surface area contributed by atoms with Gasteiger partial charge in [-0.15, -0.1) is 12.4 Å². The first-order valence-electron chi connectivity index (χ1n) is 9.20. The summed E-state index contributed by atoms with van der Waals surface area (Å²) in [6.07, 6.45) is 6.84. The Hall–Kier alpha value is -1.30. The molecule has 0 radical (unpaired) electrons. The number of nitrogens with zero attached hydrogens (tertiary/aromatic N) is 1. The van der Waals surface area contributed by atoms with Crippen molar-refractivity contribution in [1.82, 2.24) is 4.90 Å². The highest BCUT2D eigenvalue weighted by molar-refractivity contribution is 6.34. The van der Waals surface area contributed by atoms with Gasteiger partial charge in [-0.1, -0.05) is 18.0 Å². The first-order valence-corrected chi connectivity index (χ1v) is 9.57. The lowest BCUT2D eigenvalue weighted by Crippen LogP contribution is -2.35. The van der Waals surface area contributed by atoms with Gasteiger partial charge in [0, 0.05) is 30.7 Å². The van der Waals surface area contributed by atoms with Crippen molar-refractivity contribution in [3.63, 3.8) is 0 Å². The number of likely N-dealkylation sites (tertiary alicyclic amines) is 1. The summed E-state index contributed by atoms with van der Waals surface area (Å²) in [5.74, 6) is -0.0839. The number of rotatable bonds is 3. The number of hydrogen-bond donors (Lipinski definition) is 2. The van der Waals surface area contributed by atoms with Crippen LogP contribution < -0.4 is 11.1 Å². The lowest BCUT2D eigenvalue weighted by Gasteiger charge is -2.27. The average molecular weight is 400 g/mol. The highest BCUT2D eigenvalue weighted by atomic mass is 35.5. The van der Waals surface area contributed by atoms with E-state index in [-0.39, 0.29) is 36.2 Å². The van der Waals surface area contributed by atoms with E-state index in [1.54, 1.807) is 18.2 Å². The van der Waals surface area contributed by atoms with Crippen molar-refractivity contribution < 1.29 is 9.59 Å². The van der Waals surface area contributed by atoms with E-state index in [9.17, 15) is 9.59 Å². The van der Waals surface area contributed by atoms with E-state index in [1.807, 2.05) is 4.90 Å². The van der Waals surface area contributed by atoms with E-state index in [4.69, 9.17) is 17.3 Å². The SMILES string of the molecule is Cl.NC1CCCC(C(=O)Nc2ccc(C(=O)N3CCCCC3)c(Cl)c2)C1. The summed E-state index contributed by atoms with van der Waals surface area (Å²) in [5.41, 5.74) is 7.09. The predicted molar refractivity (Wildman–Crippen MR) is 107 cm³/mol. The van der Waals surface area contributed by atoms with Crippen LogP contribution in [0.15, 0.2) is 18.2 Å². The van der Waals surface area contributed by atoms with Gasteiger partial charge >= 0.3 is 0 Å². The van der Waals surface area contributed by atoms with Gasteiger partial charge in [-0.05, 0) is 56.7 Å². The maximum Gasteiger partial charge on any atom is 0.255 e. The molecule has 2 fully saturated rings. The second-order valence-electron chi connectivity index (χ2n) is 7.16. The van der Waals surface area contributed by atoms with Crippen molar-refractivity contribution in [3.05, 3.63) is 28.8 Å². The molecule has 0 spiro atoms. The summed E-state index contributed by atoms with van der Waals surface area (Å²) in [4.78, 5) is 26.8. The molecular weight excluding hydrogens is 373 g/mol. The summed E-state index contributed by atoms with van der Waals surface area (Å²) in [5, 5.41) is 3.30. The second kappa shape index (κ2) is 9.58. The van der Waals surface area contributed by atoms with Crippen LogP contribution in [-0.4, -0.2) is 35.8 Å². The Bertz CT molecular complexity index is 648. The normalized spacial score (nSPS) is 23.1. The van der Waals surface area contributed by atoms with Crippen LogP contribution in [0.4, 0.5) is 5.69 Å². The molecule has 1 aromatic carbocycles. The van der Waals surface area contributed by atoms with E-state index in [1.165, 1.54) is 6.42 Å². The molecule has 0 aromatic heterocycles. The van der Waals surface area contributed by atoms with Gasteiger partial charge in [-0.25, -0.2) is 0 Å². The van der Waals surface area contributed by atoms with Crippen LogP contribution in [0.25, 0.3) is 0 Å². The summed E-state index contributed by atoms with van der Waals surface area (Å²) in [7, 11) is 0. The molecule has 1 saturated carbocycles. The number of halogens is 2. The minimum atomic E-state index is -0.0443. The highest BCUT2D eigenvalue weighted by Crippen LogP contribution is 2.27. The topological polar surface area (TPSA) is 75.4 Å². The quantitative estimate of drug-likeness (QED) is 0.810. The monoisotopic (exact) mass is 399 g/mol. The molecule has 2 atom stereocenters. The van der Waals surface area contributed by atoms with E-state index in [0.717, 1.165) is 51.6 Å². The fraction of sp³-hybridized carbons (Fsp3) is 0.579. The van der Waals surface area contributed by atoms with Crippen molar-refractivity contribution in [2.45, 2.75) is 51.0 Å². The zero-order chi connectivity index (χ0) is 17.8. The molecule has 3 rings (SSSR count). The number of nitrogens with two attached hydrogens (primary N) is 1. The molecular formula is C19H27Cl2N3O2. The molecule has 1 aromatic rings. The number of carbonyl (C=O) groups excluding carboxylic acids is 2. The third-order valence-electron chi connectivity index (χ3n) is 5.20. The Kier molecular flexibility index (Phi) is 7.74. The van der Waals surface area contributed by atoms with Crippen LogP contribution in [0.5, 0.6) is 0 Å². The highest BCUT2D eigenvalue weighted by Gasteiger charge is 2.26. The van der Waals surface area contributed by atoms with Gasteiger partial charge < -0.3 is 16.0 Å². The van der Waals surface area contributed by atoms with Crippen molar-refractivity contribution in [1.29, 1.82) is 0 Å². The van der Waals surface area contributed by atoms with Gasteiger partial charge in [0.15, 0.2) is 0 Å². The molecule has 2 aliphatic rings. The number of benzene rings is 1. The predicted octanol–water partition coefficient (Wildman–Crippen LogP) is 3.84. The average Bonchev–Trinajstić information content (AvgIpc) is 2.62. The van der Waals surface area contributed by atoms with Crippen molar-refractivity contribution in [2.24, 2.45) is 11.7 Å². The number of carbonyl (C=O) groups is 2. The van der Waals surface area contributed by atoms with Gasteiger partial charge in [0.25, 0.3) is 5.91 Å². The molecule has 2 amide bonds. The van der Waals surface area contributed by atoms with Crippen molar-refractivity contribution >= 4 is 41.5 Å². The van der Waals surface area contributed by atoms with Gasteiger partial charge in [-0.3, -0.25) is 9.59 Å². The molecule has 0 bridgehead atoms. The molecule has 7 heteroatoms. The van der Waals surface area contributed by atoms with Crippen LogP contribution in [0, 0.1) is 5.92 Å². The Morgan fingerprint density at radius 2 is 1.85 bits per heavy atom. The molecule has 26 heavy (non-hydrogen) atoms. The molecule has 1 aliphatic carbocycles. The van der Waals surface area contributed by atoms with Crippen LogP contribution >= 0.6 is 24.0 Å². The van der Waals surface area contributed by atoms with Crippen LogP contribution in [0.3, 0.4) is 0 Å². The molecule has 2 unspecified atom stereocenters. The summed E-state index contributed by atoms with van der Waals surface area (Å²) >= 11 is 6.32. The summed E-state index contributed by atoms with van der Waals surface area (Å²) < 4.78 is 0. The van der Waals surface area contributed by atoms with Crippen molar-refractivity contribution in [3.8, 4) is 0 Å². The van der Waals surface area contributed by atoms with Gasteiger partial charge in [0.1, 0.15) is 0 Å². The molecule has 1 aliphatic heterocycles. The first-order chi connectivity index (χ1) is 12.0. The molecule has 144 valence electrons. The van der Waals surface area contributed by atoms with Crippen molar-refractivity contribution in [2.75, 3.05) is 18.4 Å². The molecule has 5 nitrogen and oxygen atoms in total. The molecule has 1 saturated heterocycles. The lowest BCUT2D eigenvalue weighted by atomic mass is 9.85. The number of nitrogens with one attached hydrogen (secondary N) is 1. The fourth-order valence-electron chi connectivity index (χ4n) is 3.74. The van der Waals surface area contributed by atoms with Crippen LogP contribution in [0.1, 0.15) is 55.3 Å². The summed E-state index contributed by atoms with van der Waals surface area (Å²) in [6.45, 7) is 1.57. The Balaban J connectivity index is 0.00000243. The second-order valence-corrected chi connectivity index (χ2v) is 7.57. The van der Waals surface area contributed by atoms with Gasteiger partial charge in [0.05, 0.1) is 10.6 Å². The zero-order valence-corrected chi connectivity index (χ0v) is 16.5. The smallest absolute Gasteiger partial charge is 0.255 e. The molecule has 1 heterocycles. The fourth-order valence-corrected chi connectivity index (χ4v) is 4.01. The third-order valence-corrected chi connectivity index (χ3v) is 5.51. The minimum absolute atomic E-state index is 0. The van der Waals surface area contributed by atoms with Gasteiger partial charge in [-0.2, -0.15) is 0 Å². The van der Waals surface area contributed by atoms with Crippen LogP contribution in [0.2, 0.25) is 5.02 Å². The number of anilines is 1. The Labute approximate surface area is 166 Å². The maximum atomic E-state index is 12.6.